The Hall–Kier alpha value is -2.40. The largest absolute Gasteiger partial charge is 0.462 e. The fraction of sp³-hybridized carbons (Fsp3) is 0.803. The van der Waals surface area contributed by atoms with Crippen molar-refractivity contribution in [2.75, 3.05) is 19.8 Å². The topological polar surface area (TPSA) is 61.8 Å². The predicted molar refractivity (Wildman–Crippen MR) is 288 cm³/mol. The molecule has 5 heteroatoms. The number of carbonyl (C=O) groups excluding carboxylic acids is 2. The molecule has 0 aromatic carbocycles. The maximum absolute atomic E-state index is 12.8. The quantitative estimate of drug-likeness (QED) is 0.0346. The van der Waals surface area contributed by atoms with Gasteiger partial charge in [-0.3, -0.25) is 9.59 Å². The maximum atomic E-state index is 12.8. The molecule has 5 nitrogen and oxygen atoms in total. The van der Waals surface area contributed by atoms with Crippen molar-refractivity contribution in [3.8, 4) is 0 Å². The molecule has 0 N–H and O–H groups in total. The second-order valence-corrected chi connectivity index (χ2v) is 19.2. The minimum atomic E-state index is -0.575. The molecule has 0 aliphatic rings. The molecule has 0 saturated carbocycles. The number of ether oxygens (including phenoxy) is 3. The highest BCUT2D eigenvalue weighted by Crippen LogP contribution is 2.16. The number of carbonyl (C=O) groups is 2. The number of esters is 2. The second kappa shape index (κ2) is 56.9. The van der Waals surface area contributed by atoms with Crippen LogP contribution in [-0.4, -0.2) is 37.9 Å². The summed E-state index contributed by atoms with van der Waals surface area (Å²) in [5.74, 6) is -0.479. The SMILES string of the molecule is CC/C=C\C/C=C\C/C=C\C/C=C\CCC(=O)OC(COCCCCCCCCCC/C=C\CCCCCCCC)COC(=O)CCCCCCCCCCCCCCCCCCCCC. The van der Waals surface area contributed by atoms with Crippen molar-refractivity contribution < 1.29 is 23.8 Å². The maximum Gasteiger partial charge on any atom is 0.306 e. The van der Waals surface area contributed by atoms with Gasteiger partial charge in [-0.25, -0.2) is 0 Å². The van der Waals surface area contributed by atoms with Crippen LogP contribution in [0.15, 0.2) is 60.8 Å². The number of hydrogen-bond acceptors (Lipinski definition) is 5. The van der Waals surface area contributed by atoms with Gasteiger partial charge >= 0.3 is 11.9 Å². The molecule has 1 atom stereocenters. The summed E-state index contributed by atoms with van der Waals surface area (Å²) in [7, 11) is 0. The lowest BCUT2D eigenvalue weighted by molar-refractivity contribution is -0.162. The molecule has 0 rings (SSSR count). The smallest absolute Gasteiger partial charge is 0.306 e. The molecule has 0 aromatic rings. The molecule has 0 radical (unpaired) electrons. The molecule has 0 saturated heterocycles. The lowest BCUT2D eigenvalue weighted by atomic mass is 10.0. The molecular weight excluding hydrogens is 813 g/mol. The molecule has 0 spiro atoms. The van der Waals surface area contributed by atoms with Gasteiger partial charge in [-0.2, -0.15) is 0 Å². The average molecular weight is 924 g/mol. The van der Waals surface area contributed by atoms with Crippen LogP contribution in [0.25, 0.3) is 0 Å². The second-order valence-electron chi connectivity index (χ2n) is 19.2. The highest BCUT2D eigenvalue weighted by Gasteiger charge is 2.17. The molecule has 0 aliphatic heterocycles. The third kappa shape index (κ3) is 54.2. The first-order chi connectivity index (χ1) is 32.6. The monoisotopic (exact) mass is 923 g/mol. The summed E-state index contributed by atoms with van der Waals surface area (Å²) in [6.07, 6.45) is 72.6. The third-order valence-corrected chi connectivity index (χ3v) is 12.6. The van der Waals surface area contributed by atoms with E-state index in [0.29, 0.717) is 25.9 Å². The van der Waals surface area contributed by atoms with Gasteiger partial charge in [-0.15, -0.1) is 0 Å². The van der Waals surface area contributed by atoms with Gasteiger partial charge in [0.1, 0.15) is 6.61 Å². The van der Waals surface area contributed by atoms with Crippen LogP contribution in [0, 0.1) is 0 Å². The van der Waals surface area contributed by atoms with Gasteiger partial charge in [0, 0.05) is 19.4 Å². The normalized spacial score (nSPS) is 12.6. The summed E-state index contributed by atoms with van der Waals surface area (Å²) in [5, 5.41) is 0. The van der Waals surface area contributed by atoms with Gasteiger partial charge in [0.05, 0.1) is 6.61 Å². The fourth-order valence-electron chi connectivity index (χ4n) is 8.29. The van der Waals surface area contributed by atoms with Crippen molar-refractivity contribution in [1.29, 1.82) is 0 Å². The molecule has 0 aromatic heterocycles. The van der Waals surface area contributed by atoms with E-state index in [1.807, 2.05) is 6.08 Å². The first-order valence-electron chi connectivity index (χ1n) is 28.8. The Morgan fingerprint density at radius 1 is 0.348 bits per heavy atom. The summed E-state index contributed by atoms with van der Waals surface area (Å²) in [6, 6.07) is 0. The average Bonchev–Trinajstić information content (AvgIpc) is 3.32. The number of unbranched alkanes of at least 4 members (excludes halogenated alkanes) is 32. The Balaban J connectivity index is 4.26. The standard InChI is InChI=1S/C61H110O5/c1-4-7-10-13-16-19-22-25-27-29-31-32-34-37-39-42-45-48-51-54-60(62)65-58-59(66-61(63)55-52-49-46-43-40-36-24-21-18-15-12-9-6-3)57-64-56-53-50-47-44-41-38-35-33-30-28-26-23-20-17-14-11-8-5-2/h9,12,18,21,26,28,36,40,46,49,59H,4-8,10-11,13-17,19-20,22-25,27,29-35,37-39,41-45,47-48,50-58H2,1-3H3/b12-9-,21-18-,28-26-,40-36-,49-46-. The summed E-state index contributed by atoms with van der Waals surface area (Å²) in [6.45, 7) is 7.67. The van der Waals surface area contributed by atoms with Crippen molar-refractivity contribution in [3.63, 3.8) is 0 Å². The van der Waals surface area contributed by atoms with E-state index in [1.54, 1.807) is 0 Å². The molecule has 0 bridgehead atoms. The van der Waals surface area contributed by atoms with Crippen LogP contribution in [0.2, 0.25) is 0 Å². The minimum absolute atomic E-state index is 0.0581. The third-order valence-electron chi connectivity index (χ3n) is 12.6. The first-order valence-corrected chi connectivity index (χ1v) is 28.8. The Bertz CT molecular complexity index is 1130. The predicted octanol–water partition coefficient (Wildman–Crippen LogP) is 19.7. The zero-order chi connectivity index (χ0) is 47.7. The van der Waals surface area contributed by atoms with Gasteiger partial charge in [0.2, 0.25) is 0 Å². The summed E-state index contributed by atoms with van der Waals surface area (Å²) >= 11 is 0. The van der Waals surface area contributed by atoms with E-state index in [4.69, 9.17) is 14.2 Å². The number of hydrogen-bond donors (Lipinski definition) is 0. The fourth-order valence-corrected chi connectivity index (χ4v) is 8.29. The Morgan fingerprint density at radius 2 is 0.712 bits per heavy atom. The molecule has 0 aliphatic carbocycles. The lowest BCUT2D eigenvalue weighted by Gasteiger charge is -2.18. The van der Waals surface area contributed by atoms with Crippen LogP contribution in [0.3, 0.4) is 0 Å². The van der Waals surface area contributed by atoms with Crippen molar-refractivity contribution >= 4 is 11.9 Å². The van der Waals surface area contributed by atoms with E-state index >= 15 is 0 Å². The van der Waals surface area contributed by atoms with E-state index in [9.17, 15) is 9.59 Å². The van der Waals surface area contributed by atoms with Gasteiger partial charge in [0.25, 0.3) is 0 Å². The Morgan fingerprint density at radius 3 is 1.15 bits per heavy atom. The summed E-state index contributed by atoms with van der Waals surface area (Å²) < 4.78 is 17.4. The molecule has 0 amide bonds. The molecule has 0 fully saturated rings. The van der Waals surface area contributed by atoms with Crippen molar-refractivity contribution in [2.45, 2.75) is 297 Å². The molecular formula is C61H110O5. The zero-order valence-electron chi connectivity index (χ0n) is 44.2. The van der Waals surface area contributed by atoms with E-state index in [2.05, 4.69) is 75.5 Å². The van der Waals surface area contributed by atoms with Crippen LogP contribution >= 0.6 is 0 Å². The number of allylic oxidation sites excluding steroid dienone is 10. The van der Waals surface area contributed by atoms with Gasteiger partial charge in [-0.05, 0) is 70.6 Å². The molecule has 0 heterocycles. The number of rotatable bonds is 53. The zero-order valence-corrected chi connectivity index (χ0v) is 44.2. The Kier molecular flexibility index (Phi) is 54.9. The highest BCUT2D eigenvalue weighted by molar-refractivity contribution is 5.70. The summed E-state index contributed by atoms with van der Waals surface area (Å²) in [4.78, 5) is 25.4. The molecule has 66 heavy (non-hydrogen) atoms. The van der Waals surface area contributed by atoms with Crippen LogP contribution < -0.4 is 0 Å². The Labute approximate surface area is 411 Å². The summed E-state index contributed by atoms with van der Waals surface area (Å²) in [5.41, 5.74) is 0. The van der Waals surface area contributed by atoms with E-state index in [-0.39, 0.29) is 25.2 Å². The van der Waals surface area contributed by atoms with Crippen LogP contribution in [-0.2, 0) is 23.8 Å². The van der Waals surface area contributed by atoms with E-state index in [0.717, 1.165) is 51.4 Å². The van der Waals surface area contributed by atoms with Gasteiger partial charge in [-0.1, -0.05) is 268 Å². The van der Waals surface area contributed by atoms with Crippen LogP contribution in [0.5, 0.6) is 0 Å². The molecule has 1 unspecified atom stereocenters. The van der Waals surface area contributed by atoms with E-state index in [1.165, 1.54) is 199 Å². The van der Waals surface area contributed by atoms with Crippen LogP contribution in [0.1, 0.15) is 290 Å². The highest BCUT2D eigenvalue weighted by atomic mass is 16.6. The van der Waals surface area contributed by atoms with Crippen molar-refractivity contribution in [3.05, 3.63) is 60.8 Å². The van der Waals surface area contributed by atoms with Crippen LogP contribution in [0.4, 0.5) is 0 Å². The van der Waals surface area contributed by atoms with Gasteiger partial charge in [0.15, 0.2) is 6.10 Å². The lowest BCUT2D eigenvalue weighted by Crippen LogP contribution is -2.30. The molecule has 384 valence electrons. The van der Waals surface area contributed by atoms with Crippen molar-refractivity contribution in [1.82, 2.24) is 0 Å². The van der Waals surface area contributed by atoms with E-state index < -0.39 is 6.10 Å². The van der Waals surface area contributed by atoms with Gasteiger partial charge < -0.3 is 14.2 Å². The first kappa shape index (κ1) is 63.6. The minimum Gasteiger partial charge on any atom is -0.462 e. The van der Waals surface area contributed by atoms with Crippen molar-refractivity contribution in [2.24, 2.45) is 0 Å².